The van der Waals surface area contributed by atoms with Gasteiger partial charge in [0.25, 0.3) is 5.91 Å². The molecule has 0 aliphatic heterocycles. The first-order valence-corrected chi connectivity index (χ1v) is 6.46. The third-order valence-corrected chi connectivity index (χ3v) is 3.75. The molecule has 16 heavy (non-hydrogen) atoms. The van der Waals surface area contributed by atoms with E-state index >= 15 is 0 Å². The van der Waals surface area contributed by atoms with Gasteiger partial charge in [-0.05, 0) is 32.9 Å². The fourth-order valence-corrected chi connectivity index (χ4v) is 2.52. The van der Waals surface area contributed by atoms with Crippen LogP contribution in [-0.4, -0.2) is 37.6 Å². The molecule has 1 aromatic rings. The molecule has 0 radical (unpaired) electrons. The summed E-state index contributed by atoms with van der Waals surface area (Å²) in [6.07, 6.45) is -0.549. The van der Waals surface area contributed by atoms with Crippen LogP contribution in [0.2, 0.25) is 0 Å². The predicted octanol–water partition coefficient (Wildman–Crippen LogP) is 1.44. The molecule has 0 aromatic carbocycles. The second-order valence-electron chi connectivity index (χ2n) is 3.41. The Balaban J connectivity index is 2.57. The van der Waals surface area contributed by atoms with Crippen molar-refractivity contribution in [3.63, 3.8) is 0 Å². The van der Waals surface area contributed by atoms with Gasteiger partial charge in [-0.25, -0.2) is 0 Å². The Bertz CT molecular complexity index is 352. The molecule has 2 N–H and O–H groups in total. The number of ether oxygens (including phenoxy) is 1. The number of hydrogen-bond donors (Lipinski definition) is 1. The minimum atomic E-state index is -0.549. The van der Waals surface area contributed by atoms with Crippen molar-refractivity contribution in [2.45, 2.75) is 12.6 Å². The van der Waals surface area contributed by atoms with E-state index in [1.807, 2.05) is 11.4 Å². The molecule has 0 bridgehead atoms. The zero-order valence-electron chi connectivity index (χ0n) is 9.27. The number of rotatable bonds is 5. The summed E-state index contributed by atoms with van der Waals surface area (Å²) in [6, 6.07) is 2.00. The summed E-state index contributed by atoms with van der Waals surface area (Å²) in [5, 5.41) is 2.01. The number of nitrogens with two attached hydrogens (primary N) is 1. The van der Waals surface area contributed by atoms with Crippen molar-refractivity contribution in [3.8, 4) is 0 Å². The van der Waals surface area contributed by atoms with Gasteiger partial charge in [-0.3, -0.25) is 4.79 Å². The number of methoxy groups -OCH3 is 1. The second kappa shape index (κ2) is 6.34. The minimum Gasteiger partial charge on any atom is -0.370 e. The third kappa shape index (κ3) is 3.55. The Kier molecular flexibility index (Phi) is 5.40. The van der Waals surface area contributed by atoms with Crippen LogP contribution in [0.25, 0.3) is 0 Å². The highest BCUT2D eigenvalue weighted by Crippen LogP contribution is 2.21. The van der Waals surface area contributed by atoms with Crippen LogP contribution in [0.1, 0.15) is 5.56 Å². The van der Waals surface area contributed by atoms with E-state index in [2.05, 4.69) is 15.9 Å². The highest BCUT2D eigenvalue weighted by atomic mass is 79.9. The van der Waals surface area contributed by atoms with Crippen LogP contribution in [0.3, 0.4) is 0 Å². The first-order valence-electron chi connectivity index (χ1n) is 4.79. The zero-order chi connectivity index (χ0) is 12.1. The summed E-state index contributed by atoms with van der Waals surface area (Å²) in [7, 11) is 3.24. The standard InChI is InChI=1S/C10H15BrN2O2S/c1-13(10(14)8(4-12)15-2)5-7-3-9(11)16-6-7/h3,6,8H,4-5,12H2,1-2H3. The van der Waals surface area contributed by atoms with Gasteiger partial charge in [0, 0.05) is 27.2 Å². The molecule has 90 valence electrons. The monoisotopic (exact) mass is 306 g/mol. The lowest BCUT2D eigenvalue weighted by atomic mass is 10.2. The number of likely N-dealkylation sites (N-methyl/N-ethyl adjacent to an activating group) is 1. The maximum atomic E-state index is 11.8. The topological polar surface area (TPSA) is 55.6 Å². The summed E-state index contributed by atoms with van der Waals surface area (Å²) in [5.41, 5.74) is 6.54. The van der Waals surface area contributed by atoms with Crippen LogP contribution in [0.5, 0.6) is 0 Å². The molecule has 0 saturated heterocycles. The predicted molar refractivity (Wildman–Crippen MR) is 68.3 cm³/mol. The Morgan fingerprint density at radius 1 is 1.75 bits per heavy atom. The molecule has 1 heterocycles. The van der Waals surface area contributed by atoms with Crippen molar-refractivity contribution in [1.29, 1.82) is 0 Å². The van der Waals surface area contributed by atoms with Crippen LogP contribution in [-0.2, 0) is 16.1 Å². The van der Waals surface area contributed by atoms with Crippen LogP contribution in [0.4, 0.5) is 0 Å². The number of hydrogen-bond acceptors (Lipinski definition) is 4. The van der Waals surface area contributed by atoms with Crippen molar-refractivity contribution < 1.29 is 9.53 Å². The van der Waals surface area contributed by atoms with E-state index in [0.717, 1.165) is 9.35 Å². The van der Waals surface area contributed by atoms with Gasteiger partial charge in [0.05, 0.1) is 3.79 Å². The molecule has 0 spiro atoms. The highest BCUT2D eigenvalue weighted by molar-refractivity contribution is 9.11. The number of thiophene rings is 1. The maximum Gasteiger partial charge on any atom is 0.253 e. The summed E-state index contributed by atoms with van der Waals surface area (Å²) in [5.74, 6) is -0.0904. The van der Waals surface area contributed by atoms with E-state index in [0.29, 0.717) is 6.54 Å². The lowest BCUT2D eigenvalue weighted by Crippen LogP contribution is -2.41. The van der Waals surface area contributed by atoms with Crippen LogP contribution >= 0.6 is 27.3 Å². The summed E-state index contributed by atoms with van der Waals surface area (Å²) in [4.78, 5) is 13.4. The SMILES string of the molecule is COC(CN)C(=O)N(C)Cc1csc(Br)c1. The quantitative estimate of drug-likeness (QED) is 0.895. The van der Waals surface area contributed by atoms with Crippen LogP contribution < -0.4 is 5.73 Å². The van der Waals surface area contributed by atoms with Crippen molar-refractivity contribution in [2.75, 3.05) is 20.7 Å². The largest absolute Gasteiger partial charge is 0.370 e. The van der Waals surface area contributed by atoms with Crippen molar-refractivity contribution >= 4 is 33.2 Å². The van der Waals surface area contributed by atoms with E-state index < -0.39 is 6.10 Å². The molecular formula is C10H15BrN2O2S. The van der Waals surface area contributed by atoms with E-state index in [-0.39, 0.29) is 12.5 Å². The Morgan fingerprint density at radius 3 is 2.88 bits per heavy atom. The van der Waals surface area contributed by atoms with Gasteiger partial charge in [-0.15, -0.1) is 11.3 Å². The van der Waals surface area contributed by atoms with Gasteiger partial charge >= 0.3 is 0 Å². The Hall–Kier alpha value is -0.430. The normalized spacial score (nSPS) is 12.5. The lowest BCUT2D eigenvalue weighted by molar-refractivity contribution is -0.140. The smallest absolute Gasteiger partial charge is 0.253 e. The molecular weight excluding hydrogens is 292 g/mol. The average molecular weight is 307 g/mol. The van der Waals surface area contributed by atoms with Gasteiger partial charge in [-0.2, -0.15) is 0 Å². The Morgan fingerprint density at radius 2 is 2.44 bits per heavy atom. The molecule has 0 saturated carbocycles. The number of halogens is 1. The molecule has 0 aliphatic rings. The molecule has 6 heteroatoms. The number of carbonyl (C=O) groups excluding carboxylic acids is 1. The molecule has 1 rings (SSSR count). The molecule has 1 aromatic heterocycles. The van der Waals surface area contributed by atoms with E-state index in [9.17, 15) is 4.79 Å². The molecule has 1 amide bonds. The van der Waals surface area contributed by atoms with E-state index in [1.54, 1.807) is 23.3 Å². The first kappa shape index (κ1) is 13.6. The molecule has 0 aliphatic carbocycles. The van der Waals surface area contributed by atoms with E-state index in [4.69, 9.17) is 10.5 Å². The van der Waals surface area contributed by atoms with Gasteiger partial charge < -0.3 is 15.4 Å². The highest BCUT2D eigenvalue weighted by Gasteiger charge is 2.20. The second-order valence-corrected chi connectivity index (χ2v) is 5.70. The minimum absolute atomic E-state index is 0.0904. The summed E-state index contributed by atoms with van der Waals surface area (Å²) in [6.45, 7) is 0.772. The molecule has 0 fully saturated rings. The summed E-state index contributed by atoms with van der Waals surface area (Å²) >= 11 is 4.99. The fraction of sp³-hybridized carbons (Fsp3) is 0.500. The Labute approximate surface area is 108 Å². The number of carbonyl (C=O) groups is 1. The maximum absolute atomic E-state index is 11.8. The number of amides is 1. The zero-order valence-corrected chi connectivity index (χ0v) is 11.7. The number of nitrogens with zero attached hydrogens (tertiary/aromatic N) is 1. The van der Waals surface area contributed by atoms with Gasteiger partial charge in [0.1, 0.15) is 6.10 Å². The van der Waals surface area contributed by atoms with Crippen LogP contribution in [0.15, 0.2) is 15.2 Å². The molecule has 4 nitrogen and oxygen atoms in total. The average Bonchev–Trinajstić information content (AvgIpc) is 2.65. The van der Waals surface area contributed by atoms with Gasteiger partial charge in [0.2, 0.25) is 0 Å². The van der Waals surface area contributed by atoms with Crippen molar-refractivity contribution in [1.82, 2.24) is 4.90 Å². The molecule has 1 unspecified atom stereocenters. The third-order valence-electron chi connectivity index (χ3n) is 2.19. The van der Waals surface area contributed by atoms with Crippen molar-refractivity contribution in [2.24, 2.45) is 5.73 Å². The first-order chi connectivity index (χ1) is 7.58. The van der Waals surface area contributed by atoms with E-state index in [1.165, 1.54) is 7.11 Å². The molecule has 1 atom stereocenters. The summed E-state index contributed by atoms with van der Waals surface area (Å²) < 4.78 is 6.06. The lowest BCUT2D eigenvalue weighted by Gasteiger charge is -2.21. The van der Waals surface area contributed by atoms with Crippen LogP contribution in [0, 0.1) is 0 Å². The van der Waals surface area contributed by atoms with Gasteiger partial charge in [-0.1, -0.05) is 0 Å². The van der Waals surface area contributed by atoms with Gasteiger partial charge in [0.15, 0.2) is 0 Å². The fourth-order valence-electron chi connectivity index (χ4n) is 1.32. The van der Waals surface area contributed by atoms with Crippen molar-refractivity contribution in [3.05, 3.63) is 20.8 Å².